The molecular weight excluding hydrogens is 276 g/mol. The van der Waals surface area contributed by atoms with Gasteiger partial charge in [0.05, 0.1) is 0 Å². The Morgan fingerprint density at radius 1 is 1.09 bits per heavy atom. The van der Waals surface area contributed by atoms with Crippen LogP contribution in [0.1, 0.15) is 89.8 Å². The first-order valence-electron chi connectivity index (χ1n) is 8.90. The quantitative estimate of drug-likeness (QED) is 0.522. The Hall–Kier alpha value is -1.32. The predicted octanol–water partition coefficient (Wildman–Crippen LogP) is 4.99. The first-order chi connectivity index (χ1) is 10.7. The number of aliphatic carboxylic acids is 1. The molecule has 1 aromatic heterocycles. The third-order valence-corrected chi connectivity index (χ3v) is 4.26. The summed E-state index contributed by atoms with van der Waals surface area (Å²) >= 11 is 0. The molecule has 1 rings (SSSR count). The second-order valence-electron chi connectivity index (χ2n) is 6.22. The van der Waals surface area contributed by atoms with Crippen molar-refractivity contribution in [3.63, 3.8) is 0 Å². The molecule has 0 fully saturated rings. The van der Waals surface area contributed by atoms with Gasteiger partial charge < -0.3 is 9.67 Å². The number of aromatic nitrogens is 2. The minimum Gasteiger partial charge on any atom is -0.481 e. The molecule has 1 unspecified atom stereocenters. The number of carboxylic acid groups (broad SMARTS) is 1. The minimum atomic E-state index is -0.810. The van der Waals surface area contributed by atoms with Gasteiger partial charge in [0.1, 0.15) is 11.7 Å². The molecule has 4 nitrogen and oxygen atoms in total. The summed E-state index contributed by atoms with van der Waals surface area (Å²) in [5.41, 5.74) is 0. The van der Waals surface area contributed by atoms with Crippen molar-refractivity contribution in [2.75, 3.05) is 0 Å². The maximum atomic E-state index is 11.0. The van der Waals surface area contributed by atoms with Crippen molar-refractivity contribution < 1.29 is 9.90 Å². The highest BCUT2D eigenvalue weighted by Crippen LogP contribution is 2.15. The zero-order valence-electron chi connectivity index (χ0n) is 14.3. The fraction of sp³-hybridized carbons (Fsp3) is 0.778. The number of nitrogens with zero attached hydrogens (tertiary/aromatic N) is 2. The molecule has 0 saturated heterocycles. The van der Waals surface area contributed by atoms with E-state index in [1.54, 1.807) is 13.1 Å². The molecule has 0 aliphatic rings. The van der Waals surface area contributed by atoms with Crippen LogP contribution < -0.4 is 0 Å². The Labute approximate surface area is 135 Å². The lowest BCUT2D eigenvalue weighted by atomic mass is 10.1. The number of hydrogen-bond acceptors (Lipinski definition) is 2. The molecule has 1 heterocycles. The summed E-state index contributed by atoms with van der Waals surface area (Å²) in [6.07, 6.45) is 16.7. The van der Waals surface area contributed by atoms with E-state index >= 15 is 0 Å². The van der Waals surface area contributed by atoms with Crippen LogP contribution in [0.4, 0.5) is 0 Å². The number of hydrogen-bond donors (Lipinski definition) is 1. The van der Waals surface area contributed by atoms with E-state index in [4.69, 9.17) is 5.11 Å². The Morgan fingerprint density at radius 2 is 1.64 bits per heavy atom. The summed E-state index contributed by atoms with van der Waals surface area (Å²) in [6, 6.07) is 0. The van der Waals surface area contributed by atoms with Crippen LogP contribution in [0.15, 0.2) is 12.4 Å². The molecule has 0 saturated carbocycles. The van der Waals surface area contributed by atoms with Gasteiger partial charge in [0.2, 0.25) is 0 Å². The van der Waals surface area contributed by atoms with E-state index < -0.39 is 11.9 Å². The molecule has 1 atom stereocenters. The van der Waals surface area contributed by atoms with Crippen molar-refractivity contribution in [1.29, 1.82) is 0 Å². The molecule has 0 bridgehead atoms. The van der Waals surface area contributed by atoms with Crippen LogP contribution in [0.25, 0.3) is 0 Å². The summed E-state index contributed by atoms with van der Waals surface area (Å²) in [7, 11) is 0. The largest absolute Gasteiger partial charge is 0.481 e. The van der Waals surface area contributed by atoms with Crippen LogP contribution in [0.2, 0.25) is 0 Å². The second-order valence-corrected chi connectivity index (χ2v) is 6.22. The minimum absolute atomic E-state index is 0.530. The van der Waals surface area contributed by atoms with Crippen molar-refractivity contribution in [3.05, 3.63) is 18.2 Å². The van der Waals surface area contributed by atoms with Crippen molar-refractivity contribution in [2.24, 2.45) is 0 Å². The fourth-order valence-corrected chi connectivity index (χ4v) is 2.77. The van der Waals surface area contributed by atoms with Gasteiger partial charge in [-0.05, 0) is 13.3 Å². The summed E-state index contributed by atoms with van der Waals surface area (Å²) < 4.78 is 1.99. The fourth-order valence-electron chi connectivity index (χ4n) is 2.77. The molecule has 0 aliphatic carbocycles. The molecule has 1 aromatic rings. The van der Waals surface area contributed by atoms with Gasteiger partial charge >= 0.3 is 5.97 Å². The van der Waals surface area contributed by atoms with Crippen molar-refractivity contribution in [1.82, 2.24) is 9.55 Å². The van der Waals surface area contributed by atoms with E-state index in [2.05, 4.69) is 11.9 Å². The van der Waals surface area contributed by atoms with Gasteiger partial charge in [-0.3, -0.25) is 4.79 Å². The van der Waals surface area contributed by atoms with Gasteiger partial charge in [0.15, 0.2) is 0 Å². The number of unbranched alkanes of at least 4 members (excludes halogenated alkanes) is 9. The van der Waals surface area contributed by atoms with E-state index in [9.17, 15) is 4.79 Å². The normalized spacial score (nSPS) is 12.5. The Balaban J connectivity index is 2.08. The Kier molecular flexibility index (Phi) is 9.60. The van der Waals surface area contributed by atoms with Gasteiger partial charge in [0.25, 0.3) is 0 Å². The molecule has 0 radical (unpaired) electrons. The zero-order chi connectivity index (χ0) is 16.2. The topological polar surface area (TPSA) is 55.1 Å². The summed E-state index contributed by atoms with van der Waals surface area (Å²) in [4.78, 5) is 15.2. The van der Waals surface area contributed by atoms with E-state index in [1.165, 1.54) is 57.8 Å². The third-order valence-electron chi connectivity index (χ3n) is 4.26. The van der Waals surface area contributed by atoms with E-state index in [1.807, 2.05) is 10.8 Å². The van der Waals surface area contributed by atoms with Gasteiger partial charge in [-0.25, -0.2) is 4.98 Å². The summed E-state index contributed by atoms with van der Waals surface area (Å²) in [5, 5.41) is 9.07. The van der Waals surface area contributed by atoms with Gasteiger partial charge in [-0.15, -0.1) is 0 Å². The molecule has 1 N–H and O–H groups in total. The van der Waals surface area contributed by atoms with Crippen LogP contribution in [0.5, 0.6) is 0 Å². The standard InChI is InChI=1S/C18H32N2O2/c1-3-4-5-6-7-8-9-10-11-12-14-20-15-13-19-17(20)16(2)18(21)22/h13,15-16H,3-12,14H2,1-2H3,(H,21,22). The van der Waals surface area contributed by atoms with Crippen LogP contribution in [0.3, 0.4) is 0 Å². The summed E-state index contributed by atoms with van der Waals surface area (Å²) in [6.45, 7) is 4.83. The maximum Gasteiger partial charge on any atom is 0.313 e. The molecule has 0 amide bonds. The number of carboxylic acids is 1. The number of carbonyl (C=O) groups is 1. The van der Waals surface area contributed by atoms with E-state index in [-0.39, 0.29) is 0 Å². The van der Waals surface area contributed by atoms with Crippen molar-refractivity contribution in [2.45, 2.75) is 90.5 Å². The molecule has 22 heavy (non-hydrogen) atoms. The molecule has 0 aliphatic heterocycles. The molecule has 0 aromatic carbocycles. The van der Waals surface area contributed by atoms with Gasteiger partial charge in [-0.2, -0.15) is 0 Å². The van der Waals surface area contributed by atoms with Gasteiger partial charge in [0, 0.05) is 18.9 Å². The first-order valence-corrected chi connectivity index (χ1v) is 8.90. The third kappa shape index (κ3) is 7.10. The van der Waals surface area contributed by atoms with Crippen molar-refractivity contribution >= 4 is 5.97 Å². The predicted molar refractivity (Wildman–Crippen MR) is 90.1 cm³/mol. The number of imidazole rings is 1. The van der Waals surface area contributed by atoms with Crippen LogP contribution in [-0.4, -0.2) is 20.6 Å². The lowest BCUT2D eigenvalue weighted by Gasteiger charge is -2.10. The SMILES string of the molecule is CCCCCCCCCCCCn1ccnc1C(C)C(=O)O. The highest BCUT2D eigenvalue weighted by molar-refractivity contribution is 5.74. The summed E-state index contributed by atoms with van der Waals surface area (Å²) in [5.74, 6) is -0.669. The van der Waals surface area contributed by atoms with Crippen molar-refractivity contribution in [3.8, 4) is 0 Å². The number of rotatable bonds is 13. The Morgan fingerprint density at radius 3 is 2.18 bits per heavy atom. The van der Waals surface area contributed by atoms with E-state index in [0.717, 1.165) is 13.0 Å². The zero-order valence-corrected chi connectivity index (χ0v) is 14.3. The lowest BCUT2D eigenvalue weighted by Crippen LogP contribution is -2.14. The van der Waals surface area contributed by atoms with Crippen LogP contribution >= 0.6 is 0 Å². The lowest BCUT2D eigenvalue weighted by molar-refractivity contribution is -0.138. The molecule has 4 heteroatoms. The molecular formula is C18H32N2O2. The average Bonchev–Trinajstić information content (AvgIpc) is 2.96. The second kappa shape index (κ2) is 11.3. The Bertz CT molecular complexity index is 415. The maximum absolute atomic E-state index is 11.0. The molecule has 126 valence electrons. The highest BCUT2D eigenvalue weighted by Gasteiger charge is 2.18. The smallest absolute Gasteiger partial charge is 0.313 e. The molecule has 0 spiro atoms. The van der Waals surface area contributed by atoms with Crippen LogP contribution in [-0.2, 0) is 11.3 Å². The van der Waals surface area contributed by atoms with Gasteiger partial charge in [-0.1, -0.05) is 64.7 Å². The average molecular weight is 308 g/mol. The van der Waals surface area contributed by atoms with E-state index in [0.29, 0.717) is 5.82 Å². The van der Waals surface area contributed by atoms with Crippen LogP contribution in [0, 0.1) is 0 Å². The highest BCUT2D eigenvalue weighted by atomic mass is 16.4. The number of aryl methyl sites for hydroxylation is 1. The first kappa shape index (κ1) is 18.7. The monoisotopic (exact) mass is 308 g/mol.